The number of phenolic OH excluding ortho intramolecular Hbond substituents is 1. The van der Waals surface area contributed by atoms with Gasteiger partial charge in [-0.1, -0.05) is 32.1 Å². The number of hydrogen-bond acceptors (Lipinski definition) is 2. The van der Waals surface area contributed by atoms with Gasteiger partial charge in [0.15, 0.2) is 0 Å². The second kappa shape index (κ2) is 6.89. The van der Waals surface area contributed by atoms with E-state index in [4.69, 9.17) is 0 Å². The minimum absolute atomic E-state index is 0.152. The van der Waals surface area contributed by atoms with Crippen molar-refractivity contribution in [2.24, 2.45) is 0 Å². The van der Waals surface area contributed by atoms with E-state index in [0.717, 1.165) is 6.29 Å². The Morgan fingerprint density at radius 1 is 1.43 bits per heavy atom. The second-order valence-corrected chi connectivity index (χ2v) is 2.46. The molecule has 0 fully saturated rings. The molecule has 0 bridgehead atoms. The van der Waals surface area contributed by atoms with Crippen LogP contribution < -0.4 is 0 Å². The minimum atomic E-state index is 0.152. The van der Waals surface area contributed by atoms with Gasteiger partial charge in [-0.25, -0.2) is 0 Å². The van der Waals surface area contributed by atoms with Crippen molar-refractivity contribution in [3.05, 3.63) is 42.0 Å². The summed E-state index contributed by atoms with van der Waals surface area (Å²) in [6.45, 7) is 7.55. The lowest BCUT2D eigenvalue weighted by molar-refractivity contribution is 0.112. The fourth-order valence-corrected chi connectivity index (χ4v) is 1.07. The zero-order valence-corrected chi connectivity index (χ0v) is 8.66. The molecule has 1 N–H and O–H groups in total. The highest BCUT2D eigenvalue weighted by molar-refractivity contribution is 5.78. The normalized spacial score (nSPS) is 8.43. The zero-order chi connectivity index (χ0) is 11.0. The van der Waals surface area contributed by atoms with E-state index in [1.54, 1.807) is 24.3 Å². The molecular formula is C12H16O2. The van der Waals surface area contributed by atoms with Crippen molar-refractivity contribution in [3.63, 3.8) is 0 Å². The third kappa shape index (κ3) is 3.05. The molecule has 0 aliphatic carbocycles. The van der Waals surface area contributed by atoms with Gasteiger partial charge in [0.05, 0.1) is 0 Å². The van der Waals surface area contributed by atoms with Crippen LogP contribution in [-0.2, 0) is 6.42 Å². The van der Waals surface area contributed by atoms with E-state index in [2.05, 4.69) is 6.58 Å². The van der Waals surface area contributed by atoms with Crippen molar-refractivity contribution in [3.8, 4) is 5.75 Å². The Balaban J connectivity index is 0.000000791. The van der Waals surface area contributed by atoms with Gasteiger partial charge in [0.1, 0.15) is 12.0 Å². The first-order valence-electron chi connectivity index (χ1n) is 4.66. The van der Waals surface area contributed by atoms with E-state index < -0.39 is 0 Å². The van der Waals surface area contributed by atoms with Gasteiger partial charge >= 0.3 is 0 Å². The molecule has 1 rings (SSSR count). The first kappa shape index (κ1) is 12.4. The predicted molar refractivity (Wildman–Crippen MR) is 58.7 cm³/mol. The minimum Gasteiger partial charge on any atom is -0.508 e. The molecule has 2 nitrogen and oxygen atoms in total. The Labute approximate surface area is 84.9 Å². The standard InChI is InChI=1S/C10H10O2.C2H6/c1-2-4-9-8(7-11)5-3-6-10(9)12;1-2/h2-3,5-7,12H,1,4H2;1-2H3. The summed E-state index contributed by atoms with van der Waals surface area (Å²) in [6.07, 6.45) is 2.90. The molecule has 1 aromatic carbocycles. The van der Waals surface area contributed by atoms with E-state index in [1.165, 1.54) is 0 Å². The molecule has 0 aromatic heterocycles. The van der Waals surface area contributed by atoms with Gasteiger partial charge < -0.3 is 5.11 Å². The molecule has 0 atom stereocenters. The first-order valence-corrected chi connectivity index (χ1v) is 4.66. The monoisotopic (exact) mass is 192 g/mol. The van der Waals surface area contributed by atoms with Crippen molar-refractivity contribution in [2.75, 3.05) is 0 Å². The van der Waals surface area contributed by atoms with Crippen molar-refractivity contribution in [2.45, 2.75) is 20.3 Å². The van der Waals surface area contributed by atoms with Gasteiger partial charge in [-0.2, -0.15) is 0 Å². The van der Waals surface area contributed by atoms with Crippen LogP contribution in [-0.4, -0.2) is 11.4 Å². The Morgan fingerprint density at radius 3 is 2.57 bits per heavy atom. The van der Waals surface area contributed by atoms with Gasteiger partial charge in [-0.3, -0.25) is 4.79 Å². The van der Waals surface area contributed by atoms with Crippen LogP contribution in [0.3, 0.4) is 0 Å². The summed E-state index contributed by atoms with van der Waals surface area (Å²) in [5.74, 6) is 0.152. The smallest absolute Gasteiger partial charge is 0.150 e. The lowest BCUT2D eigenvalue weighted by atomic mass is 10.0. The maximum atomic E-state index is 10.5. The molecule has 14 heavy (non-hydrogen) atoms. The summed E-state index contributed by atoms with van der Waals surface area (Å²) in [6, 6.07) is 4.88. The summed E-state index contributed by atoms with van der Waals surface area (Å²) >= 11 is 0. The zero-order valence-electron chi connectivity index (χ0n) is 8.66. The molecule has 0 heterocycles. The predicted octanol–water partition coefficient (Wildman–Crippen LogP) is 2.96. The molecule has 76 valence electrons. The van der Waals surface area contributed by atoms with E-state index >= 15 is 0 Å². The molecule has 0 saturated heterocycles. The highest BCUT2D eigenvalue weighted by Gasteiger charge is 2.03. The highest BCUT2D eigenvalue weighted by Crippen LogP contribution is 2.20. The van der Waals surface area contributed by atoms with E-state index in [1.807, 2.05) is 13.8 Å². The molecule has 0 saturated carbocycles. The maximum Gasteiger partial charge on any atom is 0.150 e. The highest BCUT2D eigenvalue weighted by atomic mass is 16.3. The second-order valence-electron chi connectivity index (χ2n) is 2.46. The molecule has 0 aliphatic heterocycles. The Bertz CT molecular complexity index is 303. The van der Waals surface area contributed by atoms with Crippen LogP contribution in [0.5, 0.6) is 5.75 Å². The fourth-order valence-electron chi connectivity index (χ4n) is 1.07. The van der Waals surface area contributed by atoms with Crippen LogP contribution in [0.25, 0.3) is 0 Å². The Hall–Kier alpha value is -1.57. The molecule has 0 radical (unpaired) electrons. The molecule has 1 aromatic rings. The van der Waals surface area contributed by atoms with Crippen molar-refractivity contribution < 1.29 is 9.90 Å². The number of phenols is 1. The fraction of sp³-hybridized carbons (Fsp3) is 0.250. The van der Waals surface area contributed by atoms with Crippen LogP contribution >= 0.6 is 0 Å². The third-order valence-corrected chi connectivity index (χ3v) is 1.66. The van der Waals surface area contributed by atoms with Crippen molar-refractivity contribution in [1.82, 2.24) is 0 Å². The molecule has 2 heteroatoms. The number of aromatic hydroxyl groups is 1. The number of hydrogen-bond donors (Lipinski definition) is 1. The lowest BCUT2D eigenvalue weighted by Gasteiger charge is -2.03. The van der Waals surface area contributed by atoms with Gasteiger partial charge in [-0.05, 0) is 12.5 Å². The van der Waals surface area contributed by atoms with Crippen LogP contribution in [0.1, 0.15) is 29.8 Å². The lowest BCUT2D eigenvalue weighted by Crippen LogP contribution is -1.90. The topological polar surface area (TPSA) is 37.3 Å². The number of allylic oxidation sites excluding steroid dienone is 1. The van der Waals surface area contributed by atoms with Crippen LogP contribution in [0.2, 0.25) is 0 Å². The van der Waals surface area contributed by atoms with Crippen LogP contribution in [0.15, 0.2) is 30.9 Å². The Morgan fingerprint density at radius 2 is 2.07 bits per heavy atom. The average molecular weight is 192 g/mol. The molecule has 0 amide bonds. The van der Waals surface area contributed by atoms with E-state index in [9.17, 15) is 9.90 Å². The number of rotatable bonds is 3. The summed E-state index contributed by atoms with van der Waals surface area (Å²) in [5.41, 5.74) is 1.16. The van der Waals surface area contributed by atoms with Gasteiger partial charge in [-0.15, -0.1) is 6.58 Å². The third-order valence-electron chi connectivity index (χ3n) is 1.66. The number of carbonyl (C=O) groups excluding carboxylic acids is 1. The largest absolute Gasteiger partial charge is 0.508 e. The SMILES string of the molecule is C=CCc1c(O)cccc1C=O.CC. The number of benzene rings is 1. The molecular weight excluding hydrogens is 176 g/mol. The Kier molecular flexibility index (Phi) is 6.12. The summed E-state index contributed by atoms with van der Waals surface area (Å²) in [5, 5.41) is 9.35. The van der Waals surface area contributed by atoms with E-state index in [0.29, 0.717) is 17.5 Å². The first-order chi connectivity index (χ1) is 6.79. The van der Waals surface area contributed by atoms with Crippen LogP contribution in [0.4, 0.5) is 0 Å². The maximum absolute atomic E-state index is 10.5. The number of aldehydes is 1. The number of carbonyl (C=O) groups is 1. The van der Waals surface area contributed by atoms with Crippen molar-refractivity contribution >= 4 is 6.29 Å². The van der Waals surface area contributed by atoms with Gasteiger partial charge in [0.2, 0.25) is 0 Å². The van der Waals surface area contributed by atoms with Gasteiger partial charge in [0.25, 0.3) is 0 Å². The summed E-state index contributed by atoms with van der Waals surface area (Å²) < 4.78 is 0. The van der Waals surface area contributed by atoms with Crippen molar-refractivity contribution in [1.29, 1.82) is 0 Å². The average Bonchev–Trinajstić information content (AvgIpc) is 2.24. The quantitative estimate of drug-likeness (QED) is 0.590. The summed E-state index contributed by atoms with van der Waals surface area (Å²) in [7, 11) is 0. The molecule has 0 aliphatic rings. The van der Waals surface area contributed by atoms with Gasteiger partial charge in [0, 0.05) is 11.1 Å². The molecule has 0 unspecified atom stereocenters. The summed E-state index contributed by atoms with van der Waals surface area (Å²) in [4.78, 5) is 10.5. The molecule has 0 spiro atoms. The van der Waals surface area contributed by atoms with Crippen LogP contribution in [0, 0.1) is 0 Å². The van der Waals surface area contributed by atoms with E-state index in [-0.39, 0.29) is 5.75 Å².